The largest absolute Gasteiger partial charge is 0.493 e. The average Bonchev–Trinajstić information content (AvgIpc) is 2.78. The number of anilines is 1. The first-order valence-corrected chi connectivity index (χ1v) is 11.0. The van der Waals surface area contributed by atoms with Crippen LogP contribution in [0, 0.1) is 5.92 Å². The fourth-order valence-electron chi connectivity index (χ4n) is 2.99. The highest BCUT2D eigenvalue weighted by molar-refractivity contribution is 8.14. The van der Waals surface area contributed by atoms with Crippen molar-refractivity contribution in [2.24, 2.45) is 11.0 Å². The van der Waals surface area contributed by atoms with E-state index in [2.05, 4.69) is 10.4 Å². The van der Waals surface area contributed by atoms with Gasteiger partial charge in [-0.05, 0) is 42.3 Å². The molecule has 31 heavy (non-hydrogen) atoms. The van der Waals surface area contributed by atoms with Gasteiger partial charge >= 0.3 is 5.24 Å². The number of hydrogen-bond acceptors (Lipinski definition) is 6. The molecule has 0 spiro atoms. The first kappa shape index (κ1) is 22.7. The number of hydrogen-bond donors (Lipinski definition) is 1. The highest BCUT2D eigenvalue weighted by Crippen LogP contribution is 2.29. The SMILES string of the molecule is COc1ccc(C2=NN(CCc3ccc(NC(=O)C(C)C)cc3)C(=O)SC2)cc1OC. The van der Waals surface area contributed by atoms with Gasteiger partial charge in [0.05, 0.1) is 19.9 Å². The second-order valence-electron chi connectivity index (χ2n) is 7.39. The van der Waals surface area contributed by atoms with Crippen molar-refractivity contribution in [3.8, 4) is 11.5 Å². The molecule has 2 aromatic rings. The van der Waals surface area contributed by atoms with Gasteiger partial charge in [-0.1, -0.05) is 37.7 Å². The van der Waals surface area contributed by atoms with Crippen LogP contribution in [-0.2, 0) is 11.2 Å². The van der Waals surface area contributed by atoms with E-state index in [0.717, 1.165) is 22.5 Å². The van der Waals surface area contributed by atoms with Gasteiger partial charge in [0.25, 0.3) is 0 Å². The number of thioether (sulfide) groups is 1. The van der Waals surface area contributed by atoms with Gasteiger partial charge in [-0.3, -0.25) is 9.59 Å². The minimum atomic E-state index is -0.0694. The Balaban J connectivity index is 1.67. The molecular formula is C23H27N3O4S. The Bertz CT molecular complexity index is 973. The number of nitrogens with zero attached hydrogens (tertiary/aromatic N) is 2. The van der Waals surface area contributed by atoms with Crippen LogP contribution in [0.1, 0.15) is 25.0 Å². The summed E-state index contributed by atoms with van der Waals surface area (Å²) in [6.45, 7) is 4.18. The third-order valence-corrected chi connectivity index (χ3v) is 5.73. The molecule has 0 fully saturated rings. The van der Waals surface area contributed by atoms with Crippen LogP contribution in [0.25, 0.3) is 0 Å². The van der Waals surface area contributed by atoms with E-state index in [4.69, 9.17) is 9.47 Å². The molecule has 0 aromatic heterocycles. The zero-order valence-electron chi connectivity index (χ0n) is 18.2. The van der Waals surface area contributed by atoms with Crippen molar-refractivity contribution in [2.75, 3.05) is 31.8 Å². The van der Waals surface area contributed by atoms with E-state index >= 15 is 0 Å². The Morgan fingerprint density at radius 1 is 1.13 bits per heavy atom. The van der Waals surface area contributed by atoms with E-state index in [-0.39, 0.29) is 17.1 Å². The van der Waals surface area contributed by atoms with Crippen molar-refractivity contribution < 1.29 is 19.1 Å². The Morgan fingerprint density at radius 3 is 2.48 bits per heavy atom. The van der Waals surface area contributed by atoms with Gasteiger partial charge in [-0.2, -0.15) is 5.10 Å². The van der Waals surface area contributed by atoms with Crippen LogP contribution in [0.3, 0.4) is 0 Å². The molecule has 1 aliphatic heterocycles. The standard InChI is InChI=1S/C23H27N3O4S/c1-15(2)22(27)24-18-8-5-16(6-9-18)11-12-26-23(28)31-14-19(25-26)17-7-10-20(29-3)21(13-17)30-4/h5-10,13,15H,11-12,14H2,1-4H3,(H,24,27). The van der Waals surface area contributed by atoms with E-state index in [1.54, 1.807) is 14.2 Å². The maximum atomic E-state index is 12.3. The van der Waals surface area contributed by atoms with Gasteiger partial charge in [0.1, 0.15) is 0 Å². The molecule has 2 amide bonds. The predicted molar refractivity (Wildman–Crippen MR) is 124 cm³/mol. The zero-order chi connectivity index (χ0) is 22.4. The minimum Gasteiger partial charge on any atom is -0.493 e. The van der Waals surface area contributed by atoms with Crippen LogP contribution in [0.15, 0.2) is 47.6 Å². The molecule has 164 valence electrons. The first-order valence-electron chi connectivity index (χ1n) is 10.0. The van der Waals surface area contributed by atoms with Crippen molar-refractivity contribution in [3.05, 3.63) is 53.6 Å². The topological polar surface area (TPSA) is 80.2 Å². The monoisotopic (exact) mass is 441 g/mol. The number of hydrazone groups is 1. The molecule has 0 saturated heterocycles. The number of rotatable bonds is 8. The van der Waals surface area contributed by atoms with Crippen LogP contribution < -0.4 is 14.8 Å². The second-order valence-corrected chi connectivity index (χ2v) is 8.31. The fourth-order valence-corrected chi connectivity index (χ4v) is 3.76. The Kier molecular flexibility index (Phi) is 7.57. The number of carbonyl (C=O) groups excluding carboxylic acids is 2. The van der Waals surface area contributed by atoms with Crippen molar-refractivity contribution in [1.29, 1.82) is 0 Å². The molecule has 1 aliphatic rings. The molecule has 2 aromatic carbocycles. The number of carbonyl (C=O) groups is 2. The summed E-state index contributed by atoms with van der Waals surface area (Å²) in [6.07, 6.45) is 0.660. The van der Waals surface area contributed by atoms with Crippen molar-refractivity contribution in [3.63, 3.8) is 0 Å². The van der Waals surface area contributed by atoms with Crippen molar-refractivity contribution in [2.45, 2.75) is 20.3 Å². The van der Waals surface area contributed by atoms with Crippen LogP contribution in [0.5, 0.6) is 11.5 Å². The van der Waals surface area contributed by atoms with Gasteiger partial charge in [-0.15, -0.1) is 0 Å². The summed E-state index contributed by atoms with van der Waals surface area (Å²) in [5, 5.41) is 8.90. The van der Waals surface area contributed by atoms with Gasteiger partial charge in [0.2, 0.25) is 5.91 Å². The maximum Gasteiger partial charge on any atom is 0.302 e. The summed E-state index contributed by atoms with van der Waals surface area (Å²) in [7, 11) is 3.19. The van der Waals surface area contributed by atoms with Crippen molar-refractivity contribution in [1.82, 2.24) is 5.01 Å². The fraction of sp³-hybridized carbons (Fsp3) is 0.348. The number of amides is 2. The molecule has 0 unspecified atom stereocenters. The minimum absolute atomic E-state index is 0.0132. The second kappa shape index (κ2) is 10.3. The predicted octanol–water partition coefficient (Wildman–Crippen LogP) is 4.41. The lowest BCUT2D eigenvalue weighted by molar-refractivity contribution is -0.118. The smallest absolute Gasteiger partial charge is 0.302 e. The molecular weight excluding hydrogens is 414 g/mol. The molecule has 0 radical (unpaired) electrons. The molecule has 1 heterocycles. The molecule has 3 rings (SSSR count). The Labute approximate surface area is 186 Å². The Morgan fingerprint density at radius 2 is 1.84 bits per heavy atom. The lowest BCUT2D eigenvalue weighted by atomic mass is 10.1. The van der Waals surface area contributed by atoms with Crippen LogP contribution >= 0.6 is 11.8 Å². The molecule has 0 atom stereocenters. The molecule has 0 aliphatic carbocycles. The summed E-state index contributed by atoms with van der Waals surface area (Å²) in [4.78, 5) is 24.1. The summed E-state index contributed by atoms with van der Waals surface area (Å²) in [6, 6.07) is 13.3. The lowest BCUT2D eigenvalue weighted by Crippen LogP contribution is -2.31. The molecule has 8 heteroatoms. The number of nitrogens with one attached hydrogen (secondary N) is 1. The van der Waals surface area contributed by atoms with E-state index in [0.29, 0.717) is 30.2 Å². The quantitative estimate of drug-likeness (QED) is 0.656. The number of benzene rings is 2. The van der Waals surface area contributed by atoms with Crippen LogP contribution in [0.4, 0.5) is 10.5 Å². The highest BCUT2D eigenvalue weighted by atomic mass is 32.2. The molecule has 7 nitrogen and oxygen atoms in total. The van der Waals surface area contributed by atoms with Gasteiger partial charge < -0.3 is 14.8 Å². The average molecular weight is 442 g/mol. The van der Waals surface area contributed by atoms with Crippen molar-refractivity contribution >= 4 is 34.3 Å². The number of ether oxygens (including phenoxy) is 2. The van der Waals surface area contributed by atoms with Crippen LogP contribution in [-0.4, -0.2) is 48.4 Å². The molecule has 0 bridgehead atoms. The van der Waals surface area contributed by atoms with E-state index in [1.165, 1.54) is 16.8 Å². The first-order chi connectivity index (χ1) is 14.9. The molecule has 1 N–H and O–H groups in total. The highest BCUT2D eigenvalue weighted by Gasteiger charge is 2.22. The summed E-state index contributed by atoms with van der Waals surface area (Å²) in [5.41, 5.74) is 3.54. The summed E-state index contributed by atoms with van der Waals surface area (Å²) < 4.78 is 10.7. The lowest BCUT2D eigenvalue weighted by Gasteiger charge is -2.23. The number of methoxy groups -OCH3 is 2. The Hall–Kier alpha value is -3.00. The van der Waals surface area contributed by atoms with E-state index in [9.17, 15) is 9.59 Å². The van der Waals surface area contributed by atoms with Gasteiger partial charge in [-0.25, -0.2) is 5.01 Å². The maximum absolute atomic E-state index is 12.3. The third kappa shape index (κ3) is 5.79. The third-order valence-electron chi connectivity index (χ3n) is 4.86. The normalized spacial score (nSPS) is 13.8. The van der Waals surface area contributed by atoms with E-state index in [1.807, 2.05) is 56.3 Å². The van der Waals surface area contributed by atoms with Gasteiger partial charge in [0, 0.05) is 29.5 Å². The van der Waals surface area contributed by atoms with Gasteiger partial charge in [0.15, 0.2) is 11.5 Å². The molecule has 0 saturated carbocycles. The summed E-state index contributed by atoms with van der Waals surface area (Å²) in [5.74, 6) is 1.70. The van der Waals surface area contributed by atoms with E-state index < -0.39 is 0 Å². The van der Waals surface area contributed by atoms with Crippen LogP contribution in [0.2, 0.25) is 0 Å². The zero-order valence-corrected chi connectivity index (χ0v) is 19.0. The summed E-state index contributed by atoms with van der Waals surface area (Å²) >= 11 is 1.24.